The maximum atomic E-state index is 12.4. The van der Waals surface area contributed by atoms with Gasteiger partial charge in [0, 0.05) is 22.8 Å². The molecule has 0 aliphatic heterocycles. The average Bonchev–Trinajstić information content (AvgIpc) is 2.75. The number of hydrogen-bond acceptors (Lipinski definition) is 5. The summed E-state index contributed by atoms with van der Waals surface area (Å²) in [5, 5.41) is 11.0. The summed E-state index contributed by atoms with van der Waals surface area (Å²) in [6.07, 6.45) is 3.30. The molecule has 0 fully saturated rings. The summed E-state index contributed by atoms with van der Waals surface area (Å²) in [5.41, 5.74) is 3.88. The number of carbonyl (C=O) groups excluding carboxylic acids is 1. The molecule has 0 bridgehead atoms. The Morgan fingerprint density at radius 2 is 1.87 bits per heavy atom. The van der Waals surface area contributed by atoms with Gasteiger partial charge in [0.15, 0.2) is 5.78 Å². The first kappa shape index (κ1) is 21.8. The number of carbonyl (C=O) groups is 1. The van der Waals surface area contributed by atoms with Gasteiger partial charge in [-0.3, -0.25) is 14.9 Å². The number of hydrogen-bond donors (Lipinski definition) is 0. The summed E-state index contributed by atoms with van der Waals surface area (Å²) in [5.74, 6) is 1.11. The quantitative estimate of drug-likeness (QED) is 0.203. The first-order valence-electron chi connectivity index (χ1n) is 9.71. The molecule has 6 heteroatoms. The number of ketones is 1. The molecular weight excluding hydrogens is 394 g/mol. The molecule has 0 saturated carbocycles. The monoisotopic (exact) mass is 417 g/mol. The van der Waals surface area contributed by atoms with Gasteiger partial charge in [0.25, 0.3) is 5.69 Å². The molecule has 31 heavy (non-hydrogen) atoms. The van der Waals surface area contributed by atoms with Crippen LogP contribution in [0.1, 0.15) is 32.6 Å². The van der Waals surface area contributed by atoms with Crippen molar-refractivity contribution in [1.82, 2.24) is 0 Å². The maximum absolute atomic E-state index is 12.4. The van der Waals surface area contributed by atoms with Gasteiger partial charge in [-0.2, -0.15) is 0 Å². The van der Waals surface area contributed by atoms with Crippen LogP contribution in [0.3, 0.4) is 0 Å². The number of nitro benzene ring substituents is 1. The number of benzene rings is 3. The van der Waals surface area contributed by atoms with Crippen LogP contribution < -0.4 is 9.47 Å². The Kier molecular flexibility index (Phi) is 6.82. The molecule has 6 nitrogen and oxygen atoms in total. The number of allylic oxidation sites excluding steroid dienone is 1. The average molecular weight is 417 g/mol. The molecule has 0 N–H and O–H groups in total. The first-order chi connectivity index (χ1) is 14.9. The van der Waals surface area contributed by atoms with Crippen molar-refractivity contribution in [2.45, 2.75) is 20.5 Å². The molecule has 0 amide bonds. The Balaban J connectivity index is 1.75. The van der Waals surface area contributed by atoms with Gasteiger partial charge in [0.1, 0.15) is 18.1 Å². The van der Waals surface area contributed by atoms with Crippen LogP contribution in [0.25, 0.3) is 6.08 Å². The second-order valence-corrected chi connectivity index (χ2v) is 7.13. The van der Waals surface area contributed by atoms with Gasteiger partial charge in [0.05, 0.1) is 12.0 Å². The molecule has 0 aliphatic rings. The fourth-order valence-corrected chi connectivity index (χ4v) is 3.17. The largest absolute Gasteiger partial charge is 0.496 e. The fourth-order valence-electron chi connectivity index (χ4n) is 3.17. The molecule has 0 atom stereocenters. The van der Waals surface area contributed by atoms with E-state index in [1.165, 1.54) is 6.07 Å². The topological polar surface area (TPSA) is 78.7 Å². The Morgan fingerprint density at radius 3 is 2.55 bits per heavy atom. The van der Waals surface area contributed by atoms with Gasteiger partial charge >= 0.3 is 0 Å². The van der Waals surface area contributed by atoms with Crippen LogP contribution in [-0.4, -0.2) is 17.8 Å². The molecule has 0 heterocycles. The van der Waals surface area contributed by atoms with Crippen molar-refractivity contribution in [2.24, 2.45) is 0 Å². The SMILES string of the molecule is COc1ccc(/C=C/C(=O)c2cccc(C)c2)cc1COc1ccc([N+](=O)[O-])c(C)c1. The van der Waals surface area contributed by atoms with Crippen LogP contribution in [0.2, 0.25) is 0 Å². The molecule has 158 valence electrons. The van der Waals surface area contributed by atoms with Crippen molar-refractivity contribution in [3.05, 3.63) is 105 Å². The number of aryl methyl sites for hydroxylation is 2. The van der Waals surface area contributed by atoms with E-state index in [0.29, 0.717) is 22.6 Å². The standard InChI is InChI=1S/C25H23NO5/c1-17-5-4-6-20(13-17)24(27)11-7-19-8-12-25(30-3)21(15-19)16-31-22-9-10-23(26(28)29)18(2)14-22/h4-15H,16H2,1-3H3/b11-7+. The lowest BCUT2D eigenvalue weighted by molar-refractivity contribution is -0.385. The highest BCUT2D eigenvalue weighted by atomic mass is 16.6. The lowest BCUT2D eigenvalue weighted by Gasteiger charge is -2.12. The Hall–Kier alpha value is -3.93. The van der Waals surface area contributed by atoms with E-state index < -0.39 is 4.92 Å². The second-order valence-electron chi connectivity index (χ2n) is 7.13. The molecule has 0 unspecified atom stereocenters. The van der Waals surface area contributed by atoms with Crippen LogP contribution in [-0.2, 0) is 6.61 Å². The van der Waals surface area contributed by atoms with Crippen LogP contribution in [0.5, 0.6) is 11.5 Å². The van der Waals surface area contributed by atoms with Gasteiger partial charge in [-0.1, -0.05) is 35.9 Å². The number of rotatable bonds is 8. The highest BCUT2D eigenvalue weighted by molar-refractivity contribution is 6.06. The number of nitrogens with zero attached hydrogens (tertiary/aromatic N) is 1. The van der Waals surface area contributed by atoms with Crippen LogP contribution in [0.15, 0.2) is 66.7 Å². The van der Waals surface area contributed by atoms with Gasteiger partial charge in [-0.25, -0.2) is 0 Å². The summed E-state index contributed by atoms with van der Waals surface area (Å²) in [7, 11) is 1.58. The van der Waals surface area contributed by atoms with E-state index in [9.17, 15) is 14.9 Å². The first-order valence-corrected chi connectivity index (χ1v) is 9.71. The predicted molar refractivity (Wildman–Crippen MR) is 120 cm³/mol. The fraction of sp³-hybridized carbons (Fsp3) is 0.160. The Labute approximate surface area is 180 Å². The van der Waals surface area contributed by atoms with Crippen molar-refractivity contribution in [3.63, 3.8) is 0 Å². The number of nitro groups is 1. The van der Waals surface area contributed by atoms with E-state index in [1.807, 2.05) is 43.3 Å². The lowest BCUT2D eigenvalue weighted by atomic mass is 10.1. The minimum absolute atomic E-state index is 0.0512. The summed E-state index contributed by atoms with van der Waals surface area (Å²) >= 11 is 0. The van der Waals surface area contributed by atoms with Crippen molar-refractivity contribution in [1.29, 1.82) is 0 Å². The summed E-state index contributed by atoms with van der Waals surface area (Å²) < 4.78 is 11.2. The highest BCUT2D eigenvalue weighted by Gasteiger charge is 2.12. The smallest absolute Gasteiger partial charge is 0.272 e. The predicted octanol–water partition coefficient (Wildman–Crippen LogP) is 5.70. The molecule has 3 rings (SSSR count). The molecule has 3 aromatic rings. The van der Waals surface area contributed by atoms with E-state index in [0.717, 1.165) is 16.7 Å². The van der Waals surface area contributed by atoms with Crippen LogP contribution in [0, 0.1) is 24.0 Å². The third-order valence-corrected chi connectivity index (χ3v) is 4.79. The minimum atomic E-state index is -0.421. The van der Waals surface area contributed by atoms with Crippen molar-refractivity contribution in [3.8, 4) is 11.5 Å². The molecule has 0 radical (unpaired) electrons. The second kappa shape index (κ2) is 9.71. The van der Waals surface area contributed by atoms with Gasteiger partial charge in [-0.05, 0) is 55.8 Å². The zero-order valence-corrected chi connectivity index (χ0v) is 17.6. The molecule has 3 aromatic carbocycles. The molecule has 0 saturated heterocycles. The Morgan fingerprint density at radius 1 is 1.06 bits per heavy atom. The van der Waals surface area contributed by atoms with Crippen molar-refractivity contribution < 1.29 is 19.2 Å². The summed E-state index contributed by atoms with van der Waals surface area (Å²) in [6, 6.07) is 17.6. The molecule has 0 aliphatic carbocycles. The lowest BCUT2D eigenvalue weighted by Crippen LogP contribution is -2.00. The normalized spacial score (nSPS) is 10.8. The Bertz CT molecular complexity index is 1150. The third-order valence-electron chi connectivity index (χ3n) is 4.79. The molecule has 0 spiro atoms. The van der Waals surface area contributed by atoms with E-state index >= 15 is 0 Å². The van der Waals surface area contributed by atoms with Gasteiger partial charge in [0.2, 0.25) is 0 Å². The zero-order valence-electron chi connectivity index (χ0n) is 17.6. The van der Waals surface area contributed by atoms with Crippen molar-refractivity contribution >= 4 is 17.5 Å². The number of ether oxygens (including phenoxy) is 2. The van der Waals surface area contributed by atoms with Gasteiger partial charge < -0.3 is 9.47 Å². The van der Waals surface area contributed by atoms with E-state index in [4.69, 9.17) is 9.47 Å². The summed E-state index contributed by atoms with van der Waals surface area (Å²) in [6.45, 7) is 3.83. The highest BCUT2D eigenvalue weighted by Crippen LogP contribution is 2.26. The maximum Gasteiger partial charge on any atom is 0.272 e. The van der Waals surface area contributed by atoms with E-state index in [-0.39, 0.29) is 18.1 Å². The third kappa shape index (κ3) is 5.57. The van der Waals surface area contributed by atoms with Crippen LogP contribution >= 0.6 is 0 Å². The minimum Gasteiger partial charge on any atom is -0.496 e. The zero-order chi connectivity index (χ0) is 22.4. The van der Waals surface area contributed by atoms with Crippen molar-refractivity contribution in [2.75, 3.05) is 7.11 Å². The summed E-state index contributed by atoms with van der Waals surface area (Å²) in [4.78, 5) is 23.0. The van der Waals surface area contributed by atoms with Gasteiger partial charge in [-0.15, -0.1) is 0 Å². The van der Waals surface area contributed by atoms with E-state index in [2.05, 4.69) is 0 Å². The van der Waals surface area contributed by atoms with E-state index in [1.54, 1.807) is 44.4 Å². The molecular formula is C25H23NO5. The number of methoxy groups -OCH3 is 1. The molecule has 0 aromatic heterocycles. The van der Waals surface area contributed by atoms with Crippen LogP contribution in [0.4, 0.5) is 5.69 Å².